The Morgan fingerprint density at radius 1 is 0.966 bits per heavy atom. The number of nitrogens with one attached hydrogen (secondary N) is 3. The Morgan fingerprint density at radius 2 is 1.52 bits per heavy atom. The van der Waals surface area contributed by atoms with Crippen LogP contribution in [0.4, 0.5) is 22.7 Å². The molecule has 1 aliphatic heterocycles. The van der Waals surface area contributed by atoms with Crippen molar-refractivity contribution in [2.24, 2.45) is 0 Å². The number of anilines is 4. The fraction of sp³-hybridized carbons (Fsp3) is 0.350. The second-order valence-electron chi connectivity index (χ2n) is 6.95. The number of carbonyl (C=O) groups is 1. The molecule has 1 saturated heterocycles. The van der Waals surface area contributed by atoms with Gasteiger partial charge in [-0.15, -0.1) is 0 Å². The number of morpholine rings is 1. The van der Waals surface area contributed by atoms with E-state index in [-0.39, 0.29) is 5.91 Å². The molecule has 1 amide bonds. The zero-order valence-corrected chi connectivity index (χ0v) is 17.3. The van der Waals surface area contributed by atoms with Gasteiger partial charge in [-0.05, 0) is 55.5 Å². The van der Waals surface area contributed by atoms with Crippen LogP contribution in [0.15, 0.2) is 48.5 Å². The first-order valence-electron chi connectivity index (χ1n) is 9.38. The van der Waals surface area contributed by atoms with Gasteiger partial charge in [-0.25, -0.2) is 8.42 Å². The number of sulfonamides is 1. The number of hydrogen-bond donors (Lipinski definition) is 3. The summed E-state index contributed by atoms with van der Waals surface area (Å²) in [6.07, 6.45) is 1.10. The summed E-state index contributed by atoms with van der Waals surface area (Å²) in [7, 11) is -3.32. The zero-order valence-electron chi connectivity index (χ0n) is 16.5. The summed E-state index contributed by atoms with van der Waals surface area (Å²) in [6, 6.07) is 14.0. The summed E-state index contributed by atoms with van der Waals surface area (Å²) in [6.45, 7) is 4.95. The minimum atomic E-state index is -3.32. The maximum absolute atomic E-state index is 12.5. The molecule has 0 aromatic heterocycles. The summed E-state index contributed by atoms with van der Waals surface area (Å²) in [5, 5.41) is 6.00. The molecule has 2 aromatic rings. The Kier molecular flexibility index (Phi) is 6.60. The molecule has 29 heavy (non-hydrogen) atoms. The van der Waals surface area contributed by atoms with Crippen molar-refractivity contribution in [3.8, 4) is 0 Å². The fourth-order valence-corrected chi connectivity index (χ4v) is 3.56. The number of rotatable bonds is 7. The van der Waals surface area contributed by atoms with E-state index in [1.807, 2.05) is 24.3 Å². The van der Waals surface area contributed by atoms with Crippen LogP contribution in [0.2, 0.25) is 0 Å². The Hall–Kier alpha value is -2.78. The fourth-order valence-electron chi connectivity index (χ4n) is 2.99. The van der Waals surface area contributed by atoms with Gasteiger partial charge < -0.3 is 20.3 Å². The van der Waals surface area contributed by atoms with Crippen molar-refractivity contribution in [3.05, 3.63) is 48.5 Å². The largest absolute Gasteiger partial charge is 0.378 e. The van der Waals surface area contributed by atoms with Crippen LogP contribution in [0.3, 0.4) is 0 Å². The molecule has 156 valence electrons. The molecule has 3 rings (SSSR count). The predicted octanol–water partition coefficient (Wildman–Crippen LogP) is 2.33. The number of nitrogens with zero attached hydrogens (tertiary/aromatic N) is 1. The maximum atomic E-state index is 12.5. The molecule has 1 heterocycles. The number of amides is 1. The van der Waals surface area contributed by atoms with E-state index in [2.05, 4.69) is 20.3 Å². The van der Waals surface area contributed by atoms with Crippen LogP contribution in [-0.4, -0.2) is 52.9 Å². The van der Waals surface area contributed by atoms with Crippen LogP contribution >= 0.6 is 0 Å². The minimum absolute atomic E-state index is 0.164. The third-order valence-electron chi connectivity index (χ3n) is 4.48. The van der Waals surface area contributed by atoms with Gasteiger partial charge in [-0.3, -0.25) is 9.52 Å². The molecular weight excluding hydrogens is 392 g/mol. The summed E-state index contributed by atoms with van der Waals surface area (Å²) >= 11 is 0. The van der Waals surface area contributed by atoms with Crippen molar-refractivity contribution < 1.29 is 17.9 Å². The van der Waals surface area contributed by atoms with Crippen molar-refractivity contribution in [1.29, 1.82) is 0 Å². The van der Waals surface area contributed by atoms with Crippen LogP contribution in [0.1, 0.15) is 6.92 Å². The monoisotopic (exact) mass is 418 g/mol. The lowest BCUT2D eigenvalue weighted by atomic mass is 10.2. The van der Waals surface area contributed by atoms with Gasteiger partial charge in [0.25, 0.3) is 0 Å². The van der Waals surface area contributed by atoms with Crippen LogP contribution in [-0.2, 0) is 19.6 Å². The summed E-state index contributed by atoms with van der Waals surface area (Å²) in [5.74, 6) is -0.164. The van der Waals surface area contributed by atoms with Crippen LogP contribution in [0.25, 0.3) is 0 Å². The van der Waals surface area contributed by atoms with E-state index in [9.17, 15) is 13.2 Å². The van der Waals surface area contributed by atoms with Gasteiger partial charge in [0.15, 0.2) is 0 Å². The average Bonchev–Trinajstić information content (AvgIpc) is 2.69. The lowest BCUT2D eigenvalue weighted by Crippen LogP contribution is -2.36. The SMILES string of the molecule is CC(Nc1ccc(NS(C)(=O)=O)cc1)C(=O)Nc1ccc(N2CCOCC2)cc1. The molecule has 8 nitrogen and oxygen atoms in total. The van der Waals surface area contributed by atoms with E-state index >= 15 is 0 Å². The van der Waals surface area contributed by atoms with Crippen molar-refractivity contribution >= 4 is 38.7 Å². The standard InChI is InChI=1S/C20H26N4O4S/c1-15(21-16-3-5-18(6-4-16)23-29(2,26)27)20(25)22-17-7-9-19(10-8-17)24-11-13-28-14-12-24/h3-10,15,21,23H,11-14H2,1-2H3,(H,22,25). The highest BCUT2D eigenvalue weighted by Gasteiger charge is 2.14. The Balaban J connectivity index is 1.53. The third-order valence-corrected chi connectivity index (χ3v) is 5.08. The van der Waals surface area contributed by atoms with E-state index in [0.717, 1.165) is 49.6 Å². The smallest absolute Gasteiger partial charge is 0.246 e. The summed E-state index contributed by atoms with van der Waals surface area (Å²) in [4.78, 5) is 14.7. The molecular formula is C20H26N4O4S. The molecule has 1 aliphatic rings. The van der Waals surface area contributed by atoms with E-state index in [1.54, 1.807) is 31.2 Å². The molecule has 0 saturated carbocycles. The summed E-state index contributed by atoms with van der Waals surface area (Å²) in [5.41, 5.74) is 3.03. The van der Waals surface area contributed by atoms with Gasteiger partial charge in [0, 0.05) is 35.8 Å². The maximum Gasteiger partial charge on any atom is 0.246 e. The first-order valence-corrected chi connectivity index (χ1v) is 11.3. The molecule has 1 unspecified atom stereocenters. The molecule has 0 bridgehead atoms. The van der Waals surface area contributed by atoms with E-state index in [4.69, 9.17) is 4.74 Å². The van der Waals surface area contributed by atoms with E-state index < -0.39 is 16.1 Å². The van der Waals surface area contributed by atoms with Crippen molar-refractivity contribution in [2.75, 3.05) is 52.8 Å². The van der Waals surface area contributed by atoms with Crippen molar-refractivity contribution in [3.63, 3.8) is 0 Å². The Bertz CT molecular complexity index is 924. The normalized spacial score (nSPS) is 15.4. The Morgan fingerprint density at radius 3 is 2.10 bits per heavy atom. The lowest BCUT2D eigenvalue weighted by molar-refractivity contribution is -0.116. The molecule has 1 fully saturated rings. The highest BCUT2D eigenvalue weighted by molar-refractivity contribution is 7.92. The van der Waals surface area contributed by atoms with Crippen molar-refractivity contribution in [2.45, 2.75) is 13.0 Å². The van der Waals surface area contributed by atoms with Gasteiger partial charge in [0.2, 0.25) is 15.9 Å². The number of carbonyl (C=O) groups excluding carboxylic acids is 1. The molecule has 0 aliphatic carbocycles. The quantitative estimate of drug-likeness (QED) is 0.638. The molecule has 1 atom stereocenters. The van der Waals surface area contributed by atoms with Crippen LogP contribution in [0.5, 0.6) is 0 Å². The second-order valence-corrected chi connectivity index (χ2v) is 8.70. The molecule has 0 radical (unpaired) electrons. The first-order chi connectivity index (χ1) is 13.8. The van der Waals surface area contributed by atoms with Gasteiger partial charge in [0.05, 0.1) is 19.5 Å². The van der Waals surface area contributed by atoms with Crippen molar-refractivity contribution in [1.82, 2.24) is 0 Å². The Labute approximate surface area is 171 Å². The number of benzene rings is 2. The second kappa shape index (κ2) is 9.15. The highest BCUT2D eigenvalue weighted by Crippen LogP contribution is 2.20. The molecule has 2 aromatic carbocycles. The highest BCUT2D eigenvalue weighted by atomic mass is 32.2. The molecule has 0 spiro atoms. The topological polar surface area (TPSA) is 99.8 Å². The third kappa shape index (κ3) is 6.37. The van der Waals surface area contributed by atoms with Gasteiger partial charge in [-0.1, -0.05) is 0 Å². The predicted molar refractivity (Wildman–Crippen MR) is 116 cm³/mol. The lowest BCUT2D eigenvalue weighted by Gasteiger charge is -2.29. The van der Waals surface area contributed by atoms with Gasteiger partial charge in [0.1, 0.15) is 6.04 Å². The van der Waals surface area contributed by atoms with Crippen LogP contribution < -0.4 is 20.3 Å². The van der Waals surface area contributed by atoms with Gasteiger partial charge in [-0.2, -0.15) is 0 Å². The van der Waals surface area contributed by atoms with E-state index in [1.165, 1.54) is 0 Å². The first kappa shape index (κ1) is 20.9. The van der Waals surface area contributed by atoms with E-state index in [0.29, 0.717) is 5.69 Å². The number of hydrogen-bond acceptors (Lipinski definition) is 6. The van der Waals surface area contributed by atoms with Crippen LogP contribution in [0, 0.1) is 0 Å². The zero-order chi connectivity index (χ0) is 20.9. The molecule has 9 heteroatoms. The summed E-state index contributed by atoms with van der Waals surface area (Å²) < 4.78 is 30.3. The average molecular weight is 419 g/mol. The minimum Gasteiger partial charge on any atom is -0.378 e. The molecule has 3 N–H and O–H groups in total. The number of ether oxygens (including phenoxy) is 1. The van der Waals surface area contributed by atoms with Gasteiger partial charge >= 0.3 is 0 Å².